The van der Waals surface area contributed by atoms with Crippen molar-refractivity contribution in [1.82, 2.24) is 10.2 Å². The molecule has 2 atom stereocenters. The van der Waals surface area contributed by atoms with Gasteiger partial charge in [0, 0.05) is 19.3 Å². The molecular formula is C15H20ClFN2O2S. The van der Waals surface area contributed by atoms with E-state index in [4.69, 9.17) is 11.6 Å². The molecule has 0 saturated carbocycles. The van der Waals surface area contributed by atoms with Gasteiger partial charge in [0.1, 0.15) is 11.9 Å². The minimum absolute atomic E-state index is 0.0105. The highest BCUT2D eigenvalue weighted by molar-refractivity contribution is 8.00. The van der Waals surface area contributed by atoms with Gasteiger partial charge in [0.15, 0.2) is 0 Å². The van der Waals surface area contributed by atoms with Crippen molar-refractivity contribution in [2.24, 2.45) is 0 Å². The van der Waals surface area contributed by atoms with Crippen LogP contribution < -0.4 is 5.32 Å². The van der Waals surface area contributed by atoms with Gasteiger partial charge in [-0.2, -0.15) is 0 Å². The smallest absolute Gasteiger partial charge is 0.244 e. The molecule has 1 aromatic rings. The van der Waals surface area contributed by atoms with Gasteiger partial charge in [-0.25, -0.2) is 4.39 Å². The van der Waals surface area contributed by atoms with Gasteiger partial charge in [-0.05, 0) is 31.5 Å². The Kier molecular flexibility index (Phi) is 7.16. The first kappa shape index (κ1) is 18.8. The van der Waals surface area contributed by atoms with E-state index in [1.807, 2.05) is 6.92 Å². The van der Waals surface area contributed by atoms with E-state index in [-0.39, 0.29) is 27.8 Å². The van der Waals surface area contributed by atoms with E-state index in [2.05, 4.69) is 5.32 Å². The molecule has 1 aromatic carbocycles. The third-order valence-corrected chi connectivity index (χ3v) is 4.56. The zero-order chi connectivity index (χ0) is 16.9. The third-order valence-electron chi connectivity index (χ3n) is 3.07. The first-order valence-electron chi connectivity index (χ1n) is 6.79. The van der Waals surface area contributed by atoms with Crippen molar-refractivity contribution < 1.29 is 14.0 Å². The average Bonchev–Trinajstić information content (AvgIpc) is 2.46. The predicted octanol–water partition coefficient (Wildman–Crippen LogP) is 2.87. The lowest BCUT2D eigenvalue weighted by Crippen LogP contribution is -2.44. The lowest BCUT2D eigenvalue weighted by Gasteiger charge is -2.18. The summed E-state index contributed by atoms with van der Waals surface area (Å²) >= 11 is 7.14. The van der Waals surface area contributed by atoms with E-state index in [1.54, 1.807) is 33.2 Å². The molecule has 0 aliphatic carbocycles. The number of carbonyl (C=O) groups is 2. The summed E-state index contributed by atoms with van der Waals surface area (Å²) < 4.78 is 13.1. The molecule has 0 aliphatic heterocycles. The Bertz CT molecular complexity index is 554. The Morgan fingerprint density at radius 3 is 2.55 bits per heavy atom. The molecule has 0 spiro atoms. The summed E-state index contributed by atoms with van der Waals surface area (Å²) in [7, 11) is 3.28. The summed E-state index contributed by atoms with van der Waals surface area (Å²) in [5.74, 6) is -0.623. The number of benzene rings is 1. The number of amides is 2. The second-order valence-corrected chi connectivity index (χ2v) is 6.88. The summed E-state index contributed by atoms with van der Waals surface area (Å²) in [6, 6.07) is 3.96. The monoisotopic (exact) mass is 346 g/mol. The first-order chi connectivity index (χ1) is 10.2. The molecule has 4 nitrogen and oxygen atoms in total. The van der Waals surface area contributed by atoms with Crippen molar-refractivity contribution in [2.75, 3.05) is 19.8 Å². The van der Waals surface area contributed by atoms with Crippen molar-refractivity contribution in [1.29, 1.82) is 0 Å². The number of thioether (sulfide) groups is 1. The van der Waals surface area contributed by atoms with Crippen molar-refractivity contribution in [3.63, 3.8) is 0 Å². The normalized spacial score (nSPS) is 13.4. The Morgan fingerprint density at radius 1 is 1.36 bits per heavy atom. The molecule has 1 rings (SSSR count). The number of rotatable bonds is 6. The van der Waals surface area contributed by atoms with Gasteiger partial charge in [0.05, 0.1) is 10.8 Å². The first-order valence-corrected chi connectivity index (χ1v) is 8.22. The van der Waals surface area contributed by atoms with Crippen LogP contribution in [0.1, 0.15) is 24.7 Å². The lowest BCUT2D eigenvalue weighted by molar-refractivity contribution is -0.133. The topological polar surface area (TPSA) is 49.4 Å². The van der Waals surface area contributed by atoms with Crippen molar-refractivity contribution in [3.05, 3.63) is 34.6 Å². The second kappa shape index (κ2) is 8.39. The standard InChI is InChI=1S/C15H20ClFN2O2S/c1-9(15(21)19(3)4)18-14(20)8-22-10(2)11-5-6-13(17)12(16)7-11/h5-7,9-10H,8H2,1-4H3,(H,18,20). The fourth-order valence-corrected chi connectivity index (χ4v) is 2.81. The van der Waals surface area contributed by atoms with E-state index in [0.717, 1.165) is 5.56 Å². The van der Waals surface area contributed by atoms with Crippen LogP contribution in [0.3, 0.4) is 0 Å². The quantitative estimate of drug-likeness (QED) is 0.861. The van der Waals surface area contributed by atoms with Crippen molar-refractivity contribution in [2.45, 2.75) is 25.1 Å². The molecule has 0 fully saturated rings. The summed E-state index contributed by atoms with van der Waals surface area (Å²) in [6.07, 6.45) is 0. The Labute approximate surface area is 139 Å². The molecule has 0 saturated heterocycles. The summed E-state index contributed by atoms with van der Waals surface area (Å²) in [5.41, 5.74) is 0.849. The van der Waals surface area contributed by atoms with Crippen LogP contribution in [0.4, 0.5) is 4.39 Å². The van der Waals surface area contributed by atoms with Crippen molar-refractivity contribution in [3.8, 4) is 0 Å². The van der Waals surface area contributed by atoms with E-state index in [9.17, 15) is 14.0 Å². The van der Waals surface area contributed by atoms with Crippen LogP contribution in [0, 0.1) is 5.82 Å². The van der Waals surface area contributed by atoms with Crippen LogP contribution in [0.5, 0.6) is 0 Å². The third kappa shape index (κ3) is 5.50. The molecule has 2 unspecified atom stereocenters. The van der Waals surface area contributed by atoms with Gasteiger partial charge in [0.2, 0.25) is 11.8 Å². The maximum Gasteiger partial charge on any atom is 0.244 e. The molecule has 0 aliphatic rings. The van der Waals surface area contributed by atoms with E-state index in [0.29, 0.717) is 0 Å². The lowest BCUT2D eigenvalue weighted by atomic mass is 10.2. The number of nitrogens with zero attached hydrogens (tertiary/aromatic N) is 1. The summed E-state index contributed by atoms with van der Waals surface area (Å²) in [5, 5.41) is 2.71. The second-order valence-electron chi connectivity index (χ2n) is 5.15. The molecule has 22 heavy (non-hydrogen) atoms. The Balaban J connectivity index is 2.49. The summed E-state index contributed by atoms with van der Waals surface area (Å²) in [6.45, 7) is 3.56. The van der Waals surface area contributed by atoms with Gasteiger partial charge in [-0.15, -0.1) is 11.8 Å². The average molecular weight is 347 g/mol. The number of halogens is 2. The van der Waals surface area contributed by atoms with Crippen LogP contribution in [-0.4, -0.2) is 42.6 Å². The number of likely N-dealkylation sites (N-methyl/N-ethyl adjacent to an activating group) is 1. The number of nitrogens with one attached hydrogen (secondary N) is 1. The highest BCUT2D eigenvalue weighted by Crippen LogP contribution is 2.30. The molecule has 122 valence electrons. The minimum atomic E-state index is -0.557. The minimum Gasteiger partial charge on any atom is -0.347 e. The molecule has 2 amide bonds. The zero-order valence-corrected chi connectivity index (χ0v) is 14.6. The maximum atomic E-state index is 13.1. The molecule has 1 N–H and O–H groups in total. The van der Waals surface area contributed by atoms with Crippen LogP contribution in [0.25, 0.3) is 0 Å². The largest absolute Gasteiger partial charge is 0.347 e. The highest BCUT2D eigenvalue weighted by atomic mass is 35.5. The fourth-order valence-electron chi connectivity index (χ4n) is 1.79. The Hall–Kier alpha value is -1.27. The molecule has 0 bridgehead atoms. The maximum absolute atomic E-state index is 13.1. The Morgan fingerprint density at radius 2 is 2.00 bits per heavy atom. The molecular weight excluding hydrogens is 327 g/mol. The van der Waals surface area contributed by atoms with Crippen LogP contribution in [0.2, 0.25) is 5.02 Å². The van der Waals surface area contributed by atoms with Gasteiger partial charge in [-0.1, -0.05) is 17.7 Å². The van der Waals surface area contributed by atoms with Crippen molar-refractivity contribution >= 4 is 35.2 Å². The van der Waals surface area contributed by atoms with Crippen LogP contribution >= 0.6 is 23.4 Å². The molecule has 7 heteroatoms. The SMILES string of the molecule is CC(NC(=O)CSC(C)c1ccc(F)c(Cl)c1)C(=O)N(C)C. The summed E-state index contributed by atoms with van der Waals surface area (Å²) in [4.78, 5) is 24.9. The van der Waals surface area contributed by atoms with Gasteiger partial charge >= 0.3 is 0 Å². The van der Waals surface area contributed by atoms with E-state index < -0.39 is 11.9 Å². The van der Waals surface area contributed by atoms with E-state index >= 15 is 0 Å². The predicted molar refractivity (Wildman–Crippen MR) is 88.6 cm³/mol. The highest BCUT2D eigenvalue weighted by Gasteiger charge is 2.18. The van der Waals surface area contributed by atoms with Gasteiger partial charge in [0.25, 0.3) is 0 Å². The van der Waals surface area contributed by atoms with Gasteiger partial charge in [-0.3, -0.25) is 9.59 Å². The van der Waals surface area contributed by atoms with E-state index in [1.165, 1.54) is 22.7 Å². The number of carbonyl (C=O) groups excluding carboxylic acids is 2. The molecule has 0 radical (unpaired) electrons. The number of hydrogen-bond donors (Lipinski definition) is 1. The number of hydrogen-bond acceptors (Lipinski definition) is 3. The fraction of sp³-hybridized carbons (Fsp3) is 0.467. The zero-order valence-electron chi connectivity index (χ0n) is 13.0. The van der Waals surface area contributed by atoms with Crippen LogP contribution in [0.15, 0.2) is 18.2 Å². The van der Waals surface area contributed by atoms with Gasteiger partial charge < -0.3 is 10.2 Å². The van der Waals surface area contributed by atoms with Crippen LogP contribution in [-0.2, 0) is 9.59 Å². The molecule has 0 aromatic heterocycles. The molecule has 0 heterocycles.